The molecule has 2 fully saturated rings. The molecule has 0 spiro atoms. The molecule has 1 aromatic rings. The summed E-state index contributed by atoms with van der Waals surface area (Å²) in [6.07, 6.45) is 11.3. The number of likely N-dealkylation sites (N-methyl/N-ethyl adjacent to an activating group) is 1. The Morgan fingerprint density at radius 1 is 1.26 bits per heavy atom. The fourth-order valence-corrected chi connectivity index (χ4v) is 3.98. The number of hydrogen-bond donors (Lipinski definition) is 1. The second-order valence-electron chi connectivity index (χ2n) is 7.40. The number of hydrogen-bond acceptors (Lipinski definition) is 4. The Kier molecular flexibility index (Phi) is 9.55. The summed E-state index contributed by atoms with van der Waals surface area (Å²) in [4.78, 5) is 16.8. The van der Waals surface area contributed by atoms with Crippen LogP contribution >= 0.6 is 11.3 Å². The molecule has 2 aliphatic rings. The number of carbonyl (C=O) groups is 1. The van der Waals surface area contributed by atoms with E-state index in [0.29, 0.717) is 23.5 Å². The van der Waals surface area contributed by atoms with E-state index in [1.54, 1.807) is 6.08 Å². The summed E-state index contributed by atoms with van der Waals surface area (Å²) in [5.74, 6) is 1.37. The van der Waals surface area contributed by atoms with E-state index >= 15 is 0 Å². The van der Waals surface area contributed by atoms with Crippen LogP contribution in [0.4, 0.5) is 18.3 Å². The van der Waals surface area contributed by atoms with Crippen molar-refractivity contribution in [3.8, 4) is 0 Å². The van der Waals surface area contributed by atoms with Crippen LogP contribution in [0.1, 0.15) is 39.3 Å². The van der Waals surface area contributed by atoms with E-state index in [9.17, 15) is 18.0 Å². The monoisotopic (exact) mass is 453 g/mol. The van der Waals surface area contributed by atoms with Crippen molar-refractivity contribution in [2.75, 3.05) is 24.5 Å². The molecule has 2 unspecified atom stereocenters. The number of carbonyl (C=O) groups excluding carboxylic acids is 1. The summed E-state index contributed by atoms with van der Waals surface area (Å²) in [6.45, 7) is 8.37. The molecule has 1 saturated heterocycles. The summed E-state index contributed by atoms with van der Waals surface area (Å²) >= 11 is 1.09. The Bertz CT molecular complexity index is 829. The Balaban J connectivity index is 0.000000220. The minimum absolute atomic E-state index is 0.0567. The Labute approximate surface area is 186 Å². The minimum Gasteiger partial charge on any atom is -0.353 e. The van der Waals surface area contributed by atoms with E-state index < -0.39 is 11.9 Å². The molecule has 8 heteroatoms. The molecule has 1 aliphatic carbocycles. The molecule has 1 amide bonds. The van der Waals surface area contributed by atoms with E-state index in [1.807, 2.05) is 49.1 Å². The SMILES string of the molecule is C\C=C/C=C(\C=C\CC)/C=C/C(=O)NCC.FC(F)(F)c1csc(N2CC3CC3C2)n1. The van der Waals surface area contributed by atoms with Gasteiger partial charge in [-0.1, -0.05) is 37.3 Å². The van der Waals surface area contributed by atoms with Gasteiger partial charge in [0.2, 0.25) is 5.91 Å². The third-order valence-electron chi connectivity index (χ3n) is 4.84. The normalized spacial score (nSPS) is 21.0. The van der Waals surface area contributed by atoms with E-state index in [1.165, 1.54) is 6.42 Å². The van der Waals surface area contributed by atoms with Gasteiger partial charge in [-0.3, -0.25) is 4.79 Å². The second kappa shape index (κ2) is 11.9. The van der Waals surface area contributed by atoms with Gasteiger partial charge in [0.15, 0.2) is 10.8 Å². The van der Waals surface area contributed by atoms with Crippen LogP contribution in [0.25, 0.3) is 0 Å². The molecule has 0 radical (unpaired) electrons. The number of allylic oxidation sites excluding steroid dienone is 7. The van der Waals surface area contributed by atoms with Crippen molar-refractivity contribution < 1.29 is 18.0 Å². The number of nitrogens with one attached hydrogen (secondary N) is 1. The molecule has 31 heavy (non-hydrogen) atoms. The van der Waals surface area contributed by atoms with E-state index in [-0.39, 0.29) is 5.91 Å². The van der Waals surface area contributed by atoms with Gasteiger partial charge in [0.05, 0.1) is 0 Å². The van der Waals surface area contributed by atoms with Crippen LogP contribution < -0.4 is 10.2 Å². The lowest BCUT2D eigenvalue weighted by Crippen LogP contribution is -2.21. The van der Waals surface area contributed by atoms with Crippen molar-refractivity contribution >= 4 is 22.4 Å². The number of nitrogens with zero attached hydrogens (tertiary/aromatic N) is 2. The molecule has 2 atom stereocenters. The van der Waals surface area contributed by atoms with E-state index in [0.717, 1.165) is 41.8 Å². The van der Waals surface area contributed by atoms with Gasteiger partial charge in [0, 0.05) is 31.1 Å². The summed E-state index contributed by atoms with van der Waals surface area (Å²) in [5.41, 5.74) is 0.259. The third kappa shape index (κ3) is 8.36. The fourth-order valence-electron chi connectivity index (χ4n) is 3.13. The average molecular weight is 454 g/mol. The fraction of sp³-hybridized carbons (Fsp3) is 0.478. The number of anilines is 1. The van der Waals surface area contributed by atoms with Crippen molar-refractivity contribution in [3.63, 3.8) is 0 Å². The van der Waals surface area contributed by atoms with Crippen molar-refractivity contribution in [2.24, 2.45) is 11.8 Å². The molecule has 2 heterocycles. The Hall–Kier alpha value is -2.35. The maximum atomic E-state index is 12.3. The number of aromatic nitrogens is 1. The molecule has 1 aliphatic heterocycles. The summed E-state index contributed by atoms with van der Waals surface area (Å²) < 4.78 is 36.9. The Morgan fingerprint density at radius 2 is 1.97 bits per heavy atom. The first-order valence-corrected chi connectivity index (χ1v) is 11.4. The topological polar surface area (TPSA) is 45.2 Å². The van der Waals surface area contributed by atoms with Gasteiger partial charge >= 0.3 is 6.18 Å². The smallest absolute Gasteiger partial charge is 0.353 e. The third-order valence-corrected chi connectivity index (χ3v) is 5.74. The summed E-state index contributed by atoms with van der Waals surface area (Å²) in [5, 5.41) is 4.34. The van der Waals surface area contributed by atoms with Crippen LogP contribution in [-0.2, 0) is 11.0 Å². The first-order valence-electron chi connectivity index (χ1n) is 10.5. The van der Waals surface area contributed by atoms with E-state index in [4.69, 9.17) is 0 Å². The van der Waals surface area contributed by atoms with Gasteiger partial charge < -0.3 is 10.2 Å². The second-order valence-corrected chi connectivity index (χ2v) is 8.24. The van der Waals surface area contributed by atoms with Gasteiger partial charge in [-0.05, 0) is 50.2 Å². The van der Waals surface area contributed by atoms with Crippen LogP contribution in [0.2, 0.25) is 0 Å². The number of thiazole rings is 1. The van der Waals surface area contributed by atoms with Gasteiger partial charge in [0.25, 0.3) is 0 Å². The average Bonchev–Trinajstić information content (AvgIpc) is 3.11. The van der Waals surface area contributed by atoms with Crippen LogP contribution in [0.3, 0.4) is 0 Å². The van der Waals surface area contributed by atoms with Crippen LogP contribution in [0, 0.1) is 11.8 Å². The standard InChI is InChI=1S/C14H21NO.C9H9F3N2S/c1-4-7-9-13(10-8-5-2)11-12-14(16)15-6-3;10-9(11,12)7-4-15-8(13-7)14-2-5-1-6(5)3-14/h4,7-12H,5-6H2,1-3H3,(H,15,16);4-6H,1-3H2/b7-4-,10-8+,12-11+,13-9+;. The maximum absolute atomic E-state index is 12.3. The highest BCUT2D eigenvalue weighted by Crippen LogP contribution is 2.47. The molecule has 1 aromatic heterocycles. The van der Waals surface area contributed by atoms with Crippen molar-refractivity contribution in [1.29, 1.82) is 0 Å². The van der Waals surface area contributed by atoms with Crippen molar-refractivity contribution in [3.05, 3.63) is 59.2 Å². The predicted molar refractivity (Wildman–Crippen MR) is 121 cm³/mol. The number of fused-ring (bicyclic) bond motifs is 1. The first kappa shape index (κ1) is 24.9. The number of piperidine rings is 1. The predicted octanol–water partition coefficient (Wildman–Crippen LogP) is 5.77. The summed E-state index contributed by atoms with van der Waals surface area (Å²) in [6, 6.07) is 0. The number of amides is 1. The molecule has 4 nitrogen and oxygen atoms in total. The highest BCUT2D eigenvalue weighted by Gasteiger charge is 2.46. The Morgan fingerprint density at radius 3 is 2.52 bits per heavy atom. The van der Waals surface area contributed by atoms with Gasteiger partial charge in [-0.15, -0.1) is 11.3 Å². The molecule has 0 aromatic carbocycles. The zero-order valence-corrected chi connectivity index (χ0v) is 19.0. The molecule has 1 saturated carbocycles. The molecule has 3 rings (SSSR count). The quantitative estimate of drug-likeness (QED) is 0.421. The largest absolute Gasteiger partial charge is 0.434 e. The zero-order chi connectivity index (χ0) is 22.9. The number of rotatable bonds is 7. The van der Waals surface area contributed by atoms with Gasteiger partial charge in [-0.25, -0.2) is 4.98 Å². The maximum Gasteiger partial charge on any atom is 0.434 e. The minimum atomic E-state index is -4.31. The molecule has 0 bridgehead atoms. The molecular formula is C23H30F3N3OS. The zero-order valence-electron chi connectivity index (χ0n) is 18.2. The lowest BCUT2D eigenvalue weighted by Gasteiger charge is -2.15. The molecule has 170 valence electrons. The van der Waals surface area contributed by atoms with Crippen molar-refractivity contribution in [2.45, 2.75) is 39.8 Å². The lowest BCUT2D eigenvalue weighted by atomic mass is 10.2. The number of halogens is 3. The lowest BCUT2D eigenvalue weighted by molar-refractivity contribution is -0.140. The molecule has 1 N–H and O–H groups in total. The highest BCUT2D eigenvalue weighted by molar-refractivity contribution is 7.13. The number of alkyl halides is 3. The van der Waals surface area contributed by atoms with Crippen LogP contribution in [0.15, 0.2) is 53.5 Å². The van der Waals surface area contributed by atoms with Crippen LogP contribution in [0.5, 0.6) is 0 Å². The summed E-state index contributed by atoms with van der Waals surface area (Å²) in [7, 11) is 0. The highest BCUT2D eigenvalue weighted by atomic mass is 32.1. The van der Waals surface area contributed by atoms with Gasteiger partial charge in [0.1, 0.15) is 0 Å². The van der Waals surface area contributed by atoms with Gasteiger partial charge in [-0.2, -0.15) is 13.2 Å². The van der Waals surface area contributed by atoms with Crippen LogP contribution in [-0.4, -0.2) is 30.5 Å². The van der Waals surface area contributed by atoms with Crippen molar-refractivity contribution in [1.82, 2.24) is 10.3 Å². The molecular weight excluding hydrogens is 423 g/mol. The first-order chi connectivity index (χ1) is 14.8. The van der Waals surface area contributed by atoms with E-state index in [2.05, 4.69) is 23.3 Å².